The number of benzene rings is 2. The van der Waals surface area contributed by atoms with Crippen molar-refractivity contribution >= 4 is 17.7 Å². The van der Waals surface area contributed by atoms with E-state index in [0.29, 0.717) is 12.1 Å². The smallest absolute Gasteiger partial charge is 0.251 e. The van der Waals surface area contributed by atoms with Gasteiger partial charge in [0, 0.05) is 49.8 Å². The molecule has 6 nitrogen and oxygen atoms in total. The van der Waals surface area contributed by atoms with E-state index in [1.807, 2.05) is 41.3 Å². The lowest BCUT2D eigenvalue weighted by Crippen LogP contribution is -2.35. The van der Waals surface area contributed by atoms with Crippen LogP contribution in [0, 0.1) is 0 Å². The van der Waals surface area contributed by atoms with Gasteiger partial charge in [0.15, 0.2) is 5.16 Å². The molecule has 1 fully saturated rings. The van der Waals surface area contributed by atoms with Crippen molar-refractivity contribution in [2.24, 2.45) is 0 Å². The Morgan fingerprint density at radius 3 is 2.45 bits per heavy atom. The van der Waals surface area contributed by atoms with Gasteiger partial charge < -0.3 is 10.4 Å². The number of aromatic nitrogens is 2. The molecule has 0 saturated carbocycles. The summed E-state index contributed by atoms with van der Waals surface area (Å²) in [5.41, 5.74) is 3.95. The predicted molar refractivity (Wildman–Crippen MR) is 123 cm³/mol. The minimum Gasteiger partial charge on any atom is -0.393 e. The summed E-state index contributed by atoms with van der Waals surface area (Å²) in [7, 11) is 0. The number of rotatable bonds is 7. The van der Waals surface area contributed by atoms with Gasteiger partial charge in [-0.3, -0.25) is 14.3 Å². The van der Waals surface area contributed by atoms with Gasteiger partial charge in [-0.2, -0.15) is 0 Å². The maximum Gasteiger partial charge on any atom is 0.251 e. The summed E-state index contributed by atoms with van der Waals surface area (Å²) in [5.74, 6) is -0.0850. The number of thioether (sulfide) groups is 1. The number of likely N-dealkylation sites (tertiary alicyclic amines) is 1. The van der Waals surface area contributed by atoms with Crippen molar-refractivity contribution in [2.45, 2.75) is 37.2 Å². The monoisotopic (exact) mass is 436 g/mol. The molecule has 0 atom stereocenters. The molecule has 2 aromatic carbocycles. The summed E-state index contributed by atoms with van der Waals surface area (Å²) in [4.78, 5) is 19.2. The highest BCUT2D eigenvalue weighted by Crippen LogP contribution is 2.18. The zero-order valence-corrected chi connectivity index (χ0v) is 18.5. The lowest BCUT2D eigenvalue weighted by atomic mass is 10.1. The number of carbonyl (C=O) groups excluding carboxylic acids is 1. The van der Waals surface area contributed by atoms with Crippen molar-refractivity contribution in [3.63, 3.8) is 0 Å². The molecule has 1 aliphatic heterocycles. The standard InChI is InChI=1S/C24H28N4O2S/c1-31-24-25-12-15-28(24)21-8-6-20(7-9-21)23(30)26-16-18-2-4-19(5-3-18)17-27-13-10-22(29)11-14-27/h2-9,12,15,22,29H,10-11,13-14,16-17H2,1H3,(H,26,30). The minimum absolute atomic E-state index is 0.0850. The van der Waals surface area contributed by atoms with Gasteiger partial charge in [-0.25, -0.2) is 4.98 Å². The molecule has 0 radical (unpaired) electrons. The van der Waals surface area contributed by atoms with Crippen molar-refractivity contribution in [1.29, 1.82) is 0 Å². The fraction of sp³-hybridized carbons (Fsp3) is 0.333. The second-order valence-electron chi connectivity index (χ2n) is 7.84. The number of nitrogens with one attached hydrogen (secondary N) is 1. The fourth-order valence-electron chi connectivity index (χ4n) is 3.79. The highest BCUT2D eigenvalue weighted by molar-refractivity contribution is 7.98. The van der Waals surface area contributed by atoms with E-state index in [9.17, 15) is 9.90 Å². The Balaban J connectivity index is 1.29. The summed E-state index contributed by atoms with van der Waals surface area (Å²) < 4.78 is 2.00. The molecule has 7 heteroatoms. The number of piperidine rings is 1. The van der Waals surface area contributed by atoms with Crippen LogP contribution in [0.25, 0.3) is 5.69 Å². The van der Waals surface area contributed by atoms with Crippen LogP contribution in [0.2, 0.25) is 0 Å². The second kappa shape index (κ2) is 10.1. The zero-order valence-electron chi connectivity index (χ0n) is 17.7. The van der Waals surface area contributed by atoms with E-state index < -0.39 is 0 Å². The van der Waals surface area contributed by atoms with Crippen molar-refractivity contribution in [3.05, 3.63) is 77.6 Å². The molecule has 3 aromatic rings. The Hall–Kier alpha value is -2.61. The Labute approximate surface area is 187 Å². The number of aliphatic hydroxyl groups is 1. The number of nitrogens with zero attached hydrogens (tertiary/aromatic N) is 3. The normalized spacial score (nSPS) is 15.2. The lowest BCUT2D eigenvalue weighted by molar-refractivity contribution is 0.0792. The topological polar surface area (TPSA) is 70.4 Å². The molecule has 2 N–H and O–H groups in total. The molecule has 1 aliphatic rings. The summed E-state index contributed by atoms with van der Waals surface area (Å²) in [6, 6.07) is 15.9. The Kier molecular flexibility index (Phi) is 7.06. The van der Waals surface area contributed by atoms with Crippen LogP contribution in [0.5, 0.6) is 0 Å². The Morgan fingerprint density at radius 1 is 1.10 bits per heavy atom. The largest absolute Gasteiger partial charge is 0.393 e. The molecule has 4 rings (SSSR count). The maximum absolute atomic E-state index is 12.5. The third-order valence-corrected chi connectivity index (χ3v) is 6.30. The predicted octanol–water partition coefficient (Wildman–Crippen LogP) is 3.48. The third kappa shape index (κ3) is 5.55. The van der Waals surface area contributed by atoms with Gasteiger partial charge in [-0.15, -0.1) is 0 Å². The van der Waals surface area contributed by atoms with Crippen LogP contribution in [0.4, 0.5) is 0 Å². The van der Waals surface area contributed by atoms with E-state index >= 15 is 0 Å². The van der Waals surface area contributed by atoms with Crippen LogP contribution in [0.15, 0.2) is 66.1 Å². The van der Waals surface area contributed by atoms with Crippen LogP contribution in [-0.4, -0.2) is 50.9 Å². The SMILES string of the molecule is CSc1nccn1-c1ccc(C(=O)NCc2ccc(CN3CCC(O)CC3)cc2)cc1. The minimum atomic E-state index is -0.142. The fourth-order valence-corrected chi connectivity index (χ4v) is 4.32. The molecule has 162 valence electrons. The van der Waals surface area contributed by atoms with Gasteiger partial charge in [0.2, 0.25) is 0 Å². The molecule has 1 saturated heterocycles. The number of aliphatic hydroxyl groups excluding tert-OH is 1. The van der Waals surface area contributed by atoms with E-state index in [0.717, 1.165) is 48.9 Å². The van der Waals surface area contributed by atoms with E-state index in [1.54, 1.807) is 18.0 Å². The van der Waals surface area contributed by atoms with Crippen LogP contribution >= 0.6 is 11.8 Å². The quantitative estimate of drug-likeness (QED) is 0.555. The molecular formula is C24H28N4O2S. The average Bonchev–Trinajstić information content (AvgIpc) is 3.29. The number of hydrogen-bond donors (Lipinski definition) is 2. The second-order valence-corrected chi connectivity index (χ2v) is 8.61. The number of amides is 1. The van der Waals surface area contributed by atoms with Gasteiger partial charge in [-0.1, -0.05) is 36.0 Å². The highest BCUT2D eigenvalue weighted by atomic mass is 32.2. The van der Waals surface area contributed by atoms with Crippen LogP contribution in [-0.2, 0) is 13.1 Å². The molecule has 0 aliphatic carbocycles. The number of carbonyl (C=O) groups is 1. The van der Waals surface area contributed by atoms with Crippen molar-refractivity contribution < 1.29 is 9.90 Å². The first-order valence-corrected chi connectivity index (χ1v) is 11.8. The first-order valence-electron chi connectivity index (χ1n) is 10.6. The van der Waals surface area contributed by atoms with Gasteiger partial charge in [0.25, 0.3) is 5.91 Å². The van der Waals surface area contributed by atoms with Crippen LogP contribution < -0.4 is 5.32 Å². The molecule has 0 spiro atoms. The molecule has 1 aromatic heterocycles. The van der Waals surface area contributed by atoms with Crippen LogP contribution in [0.3, 0.4) is 0 Å². The van der Waals surface area contributed by atoms with Gasteiger partial charge in [-0.05, 0) is 54.5 Å². The van der Waals surface area contributed by atoms with E-state index in [1.165, 1.54) is 5.56 Å². The molecule has 0 bridgehead atoms. The lowest BCUT2D eigenvalue weighted by Gasteiger charge is -2.29. The van der Waals surface area contributed by atoms with E-state index in [2.05, 4.69) is 39.5 Å². The zero-order chi connectivity index (χ0) is 21.6. The summed E-state index contributed by atoms with van der Waals surface area (Å²) in [6.07, 6.45) is 7.25. The summed E-state index contributed by atoms with van der Waals surface area (Å²) >= 11 is 1.58. The molecule has 1 amide bonds. The Morgan fingerprint density at radius 2 is 1.77 bits per heavy atom. The Bertz CT molecular complexity index is 993. The van der Waals surface area contributed by atoms with Gasteiger partial charge in [0.1, 0.15) is 0 Å². The first-order chi connectivity index (χ1) is 15.1. The van der Waals surface area contributed by atoms with Gasteiger partial charge >= 0.3 is 0 Å². The summed E-state index contributed by atoms with van der Waals surface area (Å²) in [6.45, 7) is 3.28. The number of hydrogen-bond acceptors (Lipinski definition) is 5. The van der Waals surface area contributed by atoms with Crippen molar-refractivity contribution in [1.82, 2.24) is 19.8 Å². The molecular weight excluding hydrogens is 408 g/mol. The van der Waals surface area contributed by atoms with Crippen molar-refractivity contribution in [2.75, 3.05) is 19.3 Å². The molecule has 2 heterocycles. The maximum atomic E-state index is 12.5. The third-order valence-electron chi connectivity index (χ3n) is 5.64. The van der Waals surface area contributed by atoms with E-state index in [-0.39, 0.29) is 12.0 Å². The summed E-state index contributed by atoms with van der Waals surface area (Å²) in [5, 5.41) is 13.5. The van der Waals surface area contributed by atoms with Gasteiger partial charge in [0.05, 0.1) is 6.10 Å². The highest BCUT2D eigenvalue weighted by Gasteiger charge is 2.16. The molecule has 0 unspecified atom stereocenters. The number of imidazole rings is 1. The average molecular weight is 437 g/mol. The van der Waals surface area contributed by atoms with Crippen LogP contribution in [0.1, 0.15) is 34.3 Å². The molecule has 31 heavy (non-hydrogen) atoms. The van der Waals surface area contributed by atoms with E-state index in [4.69, 9.17) is 0 Å². The van der Waals surface area contributed by atoms with Crippen molar-refractivity contribution in [3.8, 4) is 5.69 Å². The first kappa shape index (κ1) is 21.6.